The summed E-state index contributed by atoms with van der Waals surface area (Å²) in [5.74, 6) is -0.334. The van der Waals surface area contributed by atoms with Crippen LogP contribution >= 0.6 is 0 Å². The Balaban J connectivity index is 2.16. The van der Waals surface area contributed by atoms with E-state index in [0.717, 1.165) is 12.3 Å². The van der Waals surface area contributed by atoms with E-state index < -0.39 is 28.3 Å². The van der Waals surface area contributed by atoms with Gasteiger partial charge in [-0.3, -0.25) is 9.10 Å². The Morgan fingerprint density at radius 2 is 1.73 bits per heavy atom. The summed E-state index contributed by atoms with van der Waals surface area (Å²) in [6, 6.07) is 8.48. The van der Waals surface area contributed by atoms with Crippen LogP contribution in [0.25, 0.3) is 0 Å². The molecule has 0 heterocycles. The second kappa shape index (κ2) is 9.92. The van der Waals surface area contributed by atoms with Gasteiger partial charge in [-0.1, -0.05) is 12.1 Å². The number of carbonyl (C=O) groups excluding carboxylic acids is 1. The molecule has 0 bridgehead atoms. The van der Waals surface area contributed by atoms with Crippen molar-refractivity contribution in [3.63, 3.8) is 0 Å². The Kier molecular flexibility index (Phi) is 7.59. The molecule has 11 heteroatoms. The van der Waals surface area contributed by atoms with Crippen LogP contribution in [0.5, 0.6) is 17.2 Å². The lowest BCUT2D eigenvalue weighted by Crippen LogP contribution is -2.39. The largest absolute Gasteiger partial charge is 0.493 e. The highest BCUT2D eigenvalue weighted by Crippen LogP contribution is 2.37. The van der Waals surface area contributed by atoms with Gasteiger partial charge >= 0.3 is 0 Å². The molecule has 0 spiro atoms. The van der Waals surface area contributed by atoms with E-state index in [2.05, 4.69) is 10.5 Å². The van der Waals surface area contributed by atoms with E-state index in [1.54, 1.807) is 12.1 Å². The zero-order chi connectivity index (χ0) is 22.3. The van der Waals surface area contributed by atoms with Crippen LogP contribution in [0.15, 0.2) is 41.5 Å². The highest BCUT2D eigenvalue weighted by Gasteiger charge is 2.23. The number of methoxy groups -OCH3 is 3. The van der Waals surface area contributed by atoms with Gasteiger partial charge in [0.15, 0.2) is 11.5 Å². The third-order valence-corrected chi connectivity index (χ3v) is 5.03. The molecule has 0 saturated heterocycles. The van der Waals surface area contributed by atoms with Gasteiger partial charge in [-0.15, -0.1) is 0 Å². The number of carbonyl (C=O) groups is 1. The number of para-hydroxylation sites is 1. The van der Waals surface area contributed by atoms with Crippen molar-refractivity contribution in [3.05, 3.63) is 47.8 Å². The topological polar surface area (TPSA) is 107 Å². The number of hydrazone groups is 1. The number of nitrogens with zero attached hydrogens (tertiary/aromatic N) is 2. The van der Waals surface area contributed by atoms with Crippen molar-refractivity contribution in [2.45, 2.75) is 0 Å². The summed E-state index contributed by atoms with van der Waals surface area (Å²) in [5, 5.41) is 3.81. The molecule has 0 fully saturated rings. The zero-order valence-corrected chi connectivity index (χ0v) is 17.7. The van der Waals surface area contributed by atoms with Gasteiger partial charge in [-0.2, -0.15) is 5.10 Å². The fourth-order valence-electron chi connectivity index (χ4n) is 2.56. The number of halogens is 1. The van der Waals surface area contributed by atoms with E-state index in [4.69, 9.17) is 14.2 Å². The number of rotatable bonds is 9. The molecule has 0 saturated carbocycles. The summed E-state index contributed by atoms with van der Waals surface area (Å²) in [4.78, 5) is 12.2. The maximum Gasteiger partial charge on any atom is 0.260 e. The SMILES string of the molecule is COc1cc(/C=N\NC(=O)CN(c2ccccc2F)S(C)(=O)=O)cc(OC)c1OC. The molecule has 1 amide bonds. The number of sulfonamides is 1. The summed E-state index contributed by atoms with van der Waals surface area (Å²) < 4.78 is 54.4. The Labute approximate surface area is 174 Å². The highest BCUT2D eigenvalue weighted by molar-refractivity contribution is 7.92. The summed E-state index contributed by atoms with van der Waals surface area (Å²) in [6.45, 7) is -0.646. The molecular weight excluding hydrogens is 417 g/mol. The first-order valence-corrected chi connectivity index (χ1v) is 10.4. The van der Waals surface area contributed by atoms with Crippen molar-refractivity contribution >= 4 is 27.8 Å². The lowest BCUT2D eigenvalue weighted by atomic mass is 10.2. The maximum atomic E-state index is 14.0. The van der Waals surface area contributed by atoms with Crippen molar-refractivity contribution in [2.75, 3.05) is 38.4 Å². The summed E-state index contributed by atoms with van der Waals surface area (Å²) >= 11 is 0. The van der Waals surface area contributed by atoms with Crippen LogP contribution in [0, 0.1) is 5.82 Å². The lowest BCUT2D eigenvalue weighted by Gasteiger charge is -2.21. The van der Waals surface area contributed by atoms with Crippen molar-refractivity contribution in [3.8, 4) is 17.2 Å². The molecule has 2 aromatic rings. The summed E-state index contributed by atoms with van der Waals surface area (Å²) in [7, 11) is 0.487. The number of hydrogen-bond donors (Lipinski definition) is 1. The minimum absolute atomic E-state index is 0.233. The average molecular weight is 439 g/mol. The zero-order valence-electron chi connectivity index (χ0n) is 16.9. The van der Waals surface area contributed by atoms with Crippen molar-refractivity contribution in [1.82, 2.24) is 5.43 Å². The maximum absolute atomic E-state index is 14.0. The molecule has 0 atom stereocenters. The van der Waals surface area contributed by atoms with E-state index in [1.165, 1.54) is 45.7 Å². The molecule has 0 radical (unpaired) electrons. The lowest BCUT2D eigenvalue weighted by molar-refractivity contribution is -0.119. The highest BCUT2D eigenvalue weighted by atomic mass is 32.2. The predicted molar refractivity (Wildman–Crippen MR) is 110 cm³/mol. The smallest absolute Gasteiger partial charge is 0.260 e. The van der Waals surface area contributed by atoms with Crippen LogP contribution < -0.4 is 23.9 Å². The van der Waals surface area contributed by atoms with Crippen LogP contribution in [-0.2, 0) is 14.8 Å². The number of nitrogens with one attached hydrogen (secondary N) is 1. The Bertz CT molecular complexity index is 1020. The Morgan fingerprint density at radius 1 is 1.13 bits per heavy atom. The van der Waals surface area contributed by atoms with Crippen LogP contribution in [0.3, 0.4) is 0 Å². The van der Waals surface area contributed by atoms with Crippen LogP contribution in [0.4, 0.5) is 10.1 Å². The number of ether oxygens (including phenoxy) is 3. The van der Waals surface area contributed by atoms with Crippen LogP contribution in [0.1, 0.15) is 5.56 Å². The molecule has 0 aromatic heterocycles. The van der Waals surface area contributed by atoms with Crippen LogP contribution in [0.2, 0.25) is 0 Å². The second-order valence-corrected chi connectivity index (χ2v) is 7.88. The molecule has 30 heavy (non-hydrogen) atoms. The van der Waals surface area contributed by atoms with E-state index in [-0.39, 0.29) is 5.69 Å². The van der Waals surface area contributed by atoms with Crippen molar-refractivity contribution in [2.24, 2.45) is 5.10 Å². The minimum atomic E-state index is -3.90. The number of benzene rings is 2. The van der Waals surface area contributed by atoms with Gasteiger partial charge in [0.25, 0.3) is 5.91 Å². The molecular formula is C19H22FN3O6S. The van der Waals surface area contributed by atoms with Gasteiger partial charge < -0.3 is 14.2 Å². The quantitative estimate of drug-likeness (QED) is 0.471. The minimum Gasteiger partial charge on any atom is -0.493 e. The molecule has 0 aliphatic heterocycles. The molecule has 162 valence electrons. The van der Waals surface area contributed by atoms with E-state index in [1.807, 2.05) is 0 Å². The molecule has 1 N–H and O–H groups in total. The molecule has 9 nitrogen and oxygen atoms in total. The summed E-state index contributed by atoms with van der Waals surface area (Å²) in [5.41, 5.74) is 2.51. The van der Waals surface area contributed by atoms with E-state index in [9.17, 15) is 17.6 Å². The third kappa shape index (κ3) is 5.60. The van der Waals surface area contributed by atoms with Gasteiger partial charge in [0.05, 0.1) is 39.5 Å². The molecule has 2 rings (SSSR count). The van der Waals surface area contributed by atoms with Gasteiger partial charge in [-0.25, -0.2) is 18.2 Å². The first-order chi connectivity index (χ1) is 14.2. The fraction of sp³-hybridized carbons (Fsp3) is 0.263. The molecule has 0 aliphatic rings. The van der Waals surface area contributed by atoms with Gasteiger partial charge in [0, 0.05) is 5.56 Å². The predicted octanol–water partition coefficient (Wildman–Crippen LogP) is 1.77. The molecule has 0 aliphatic carbocycles. The average Bonchev–Trinajstić information content (AvgIpc) is 2.71. The third-order valence-electron chi connectivity index (χ3n) is 3.90. The normalized spacial score (nSPS) is 11.2. The Hall–Kier alpha value is -3.34. The van der Waals surface area contributed by atoms with E-state index >= 15 is 0 Å². The van der Waals surface area contributed by atoms with Gasteiger partial charge in [-0.05, 0) is 24.3 Å². The number of anilines is 1. The monoisotopic (exact) mass is 439 g/mol. The van der Waals surface area contributed by atoms with Crippen LogP contribution in [-0.4, -0.2) is 54.7 Å². The van der Waals surface area contributed by atoms with E-state index in [0.29, 0.717) is 27.1 Å². The van der Waals surface area contributed by atoms with Crippen molar-refractivity contribution < 1.29 is 31.8 Å². The van der Waals surface area contributed by atoms with Gasteiger partial charge in [0.1, 0.15) is 12.4 Å². The number of hydrogen-bond acceptors (Lipinski definition) is 7. The summed E-state index contributed by atoms with van der Waals surface area (Å²) in [6.07, 6.45) is 2.20. The van der Waals surface area contributed by atoms with Crippen molar-refractivity contribution in [1.29, 1.82) is 0 Å². The second-order valence-electron chi connectivity index (χ2n) is 5.97. The number of amides is 1. The molecule has 0 unspecified atom stereocenters. The van der Waals surface area contributed by atoms with Gasteiger partial charge in [0.2, 0.25) is 15.8 Å². The Morgan fingerprint density at radius 3 is 2.23 bits per heavy atom. The fourth-order valence-corrected chi connectivity index (χ4v) is 3.41. The molecule has 2 aromatic carbocycles. The standard InChI is InChI=1S/C19H22FN3O6S/c1-27-16-9-13(10-17(28-2)19(16)29-3)11-21-22-18(24)12-23(30(4,25)26)15-8-6-5-7-14(15)20/h5-11H,12H2,1-4H3,(H,22,24)/b21-11-. The first kappa shape index (κ1) is 22.9. The first-order valence-electron chi connectivity index (χ1n) is 8.55.